The highest BCUT2D eigenvalue weighted by molar-refractivity contribution is 6.30. The number of fused-ring (bicyclic) bond motifs is 3. The molecule has 27 heavy (non-hydrogen) atoms. The van der Waals surface area contributed by atoms with Gasteiger partial charge in [-0.05, 0) is 44.0 Å². The first kappa shape index (κ1) is 18.2. The third-order valence-electron chi connectivity index (χ3n) is 5.86. The first-order valence-corrected chi connectivity index (χ1v) is 9.75. The van der Waals surface area contributed by atoms with Crippen molar-refractivity contribution >= 4 is 23.4 Å². The minimum Gasteiger partial charge on any atom is -0.337 e. The number of amides is 2. The van der Waals surface area contributed by atoms with Gasteiger partial charge in [-0.3, -0.25) is 5.32 Å². The van der Waals surface area contributed by atoms with Gasteiger partial charge in [0.15, 0.2) is 0 Å². The second-order valence-electron chi connectivity index (χ2n) is 7.81. The number of hydrogen-bond donors (Lipinski definition) is 2. The molecule has 2 aromatic rings. The van der Waals surface area contributed by atoms with E-state index in [9.17, 15) is 4.79 Å². The quantitative estimate of drug-likeness (QED) is 0.842. The van der Waals surface area contributed by atoms with Gasteiger partial charge in [0.1, 0.15) is 12.1 Å². The van der Waals surface area contributed by atoms with E-state index in [1.807, 2.05) is 24.3 Å². The van der Waals surface area contributed by atoms with Crippen LogP contribution in [0.1, 0.15) is 19.8 Å². The zero-order valence-electron chi connectivity index (χ0n) is 15.4. The smallest absolute Gasteiger partial charge is 0.320 e. The number of nitrogens with zero attached hydrogens (tertiary/aromatic N) is 3. The molecule has 5 rings (SSSR count). The van der Waals surface area contributed by atoms with Gasteiger partial charge < -0.3 is 10.2 Å². The molecule has 142 valence electrons. The van der Waals surface area contributed by atoms with Gasteiger partial charge >= 0.3 is 6.03 Å². The molecule has 0 spiro atoms. The highest BCUT2D eigenvalue weighted by Gasteiger charge is 2.43. The van der Waals surface area contributed by atoms with Crippen molar-refractivity contribution in [3.8, 4) is 11.3 Å². The Morgan fingerprint density at radius 2 is 2.00 bits per heavy atom. The minimum absolute atomic E-state index is 0.147. The maximum atomic E-state index is 12.4. The summed E-state index contributed by atoms with van der Waals surface area (Å²) >= 11 is 5.93. The molecule has 1 aromatic heterocycles. The molecule has 7 heteroatoms. The van der Waals surface area contributed by atoms with Gasteiger partial charge in [-0.15, -0.1) is 0 Å². The van der Waals surface area contributed by atoms with E-state index in [2.05, 4.69) is 32.4 Å². The molecule has 6 nitrogen and oxygen atoms in total. The van der Waals surface area contributed by atoms with Crippen molar-refractivity contribution in [3.63, 3.8) is 0 Å². The number of benzene rings is 1. The fraction of sp³-hybridized carbons (Fsp3) is 0.450. The summed E-state index contributed by atoms with van der Waals surface area (Å²) in [7, 11) is 0. The van der Waals surface area contributed by atoms with Crippen molar-refractivity contribution in [2.24, 2.45) is 11.3 Å². The summed E-state index contributed by atoms with van der Waals surface area (Å²) in [6.45, 7) is 6.41. The Kier molecular flexibility index (Phi) is 5.02. The van der Waals surface area contributed by atoms with Gasteiger partial charge in [0.05, 0.1) is 5.69 Å². The van der Waals surface area contributed by atoms with E-state index >= 15 is 0 Å². The molecular weight excluding hydrogens is 362 g/mol. The normalized spacial score (nSPS) is 26.6. The Balaban J connectivity index is 1.37. The first-order chi connectivity index (χ1) is 13.0. The lowest BCUT2D eigenvalue weighted by Crippen LogP contribution is -2.57. The number of carbonyl (C=O) groups excluding carboxylic acids is 1. The van der Waals surface area contributed by atoms with Crippen molar-refractivity contribution < 1.29 is 4.79 Å². The summed E-state index contributed by atoms with van der Waals surface area (Å²) in [6.07, 6.45) is 3.92. The number of rotatable bonds is 4. The van der Waals surface area contributed by atoms with Gasteiger partial charge in [-0.1, -0.05) is 30.7 Å². The summed E-state index contributed by atoms with van der Waals surface area (Å²) in [5.74, 6) is 1.17. The molecule has 0 radical (unpaired) electrons. The molecule has 1 aromatic carbocycles. The van der Waals surface area contributed by atoms with Crippen LogP contribution in [0.4, 0.5) is 10.6 Å². The third kappa shape index (κ3) is 4.06. The number of anilines is 1. The van der Waals surface area contributed by atoms with Crippen LogP contribution in [0.15, 0.2) is 36.7 Å². The molecule has 0 unspecified atom stereocenters. The molecule has 0 saturated carbocycles. The summed E-state index contributed by atoms with van der Waals surface area (Å²) in [6, 6.07) is 8.94. The van der Waals surface area contributed by atoms with Crippen LogP contribution >= 0.6 is 11.6 Å². The molecule has 3 aliphatic heterocycles. The van der Waals surface area contributed by atoms with E-state index in [0.29, 0.717) is 23.3 Å². The standard InChI is InChI=1S/C20H24ClN5O/c1-20(12-26-8-6-15(20)7-9-26)11-22-19(27)25-18-10-17(23-13-24-18)14-2-4-16(21)5-3-14/h2-5,10,13,15H,6-9,11-12H2,1H3,(H2,22,23,24,25,27)/t20-/m1/s1. The lowest BCUT2D eigenvalue weighted by atomic mass is 9.68. The van der Waals surface area contributed by atoms with Gasteiger partial charge in [0.25, 0.3) is 0 Å². The maximum Gasteiger partial charge on any atom is 0.320 e. The molecule has 2 N–H and O–H groups in total. The van der Waals surface area contributed by atoms with Gasteiger partial charge in [-0.25, -0.2) is 14.8 Å². The largest absolute Gasteiger partial charge is 0.337 e. The molecule has 1 atom stereocenters. The van der Waals surface area contributed by atoms with Crippen LogP contribution in [0.2, 0.25) is 5.02 Å². The average molecular weight is 386 g/mol. The summed E-state index contributed by atoms with van der Waals surface area (Å²) in [5, 5.41) is 6.53. The Hall–Kier alpha value is -2.18. The fourth-order valence-electron chi connectivity index (χ4n) is 4.28. The van der Waals surface area contributed by atoms with E-state index in [0.717, 1.165) is 17.8 Å². The van der Waals surface area contributed by atoms with Gasteiger partial charge in [-0.2, -0.15) is 0 Å². The van der Waals surface area contributed by atoms with Crippen molar-refractivity contribution in [2.45, 2.75) is 19.8 Å². The lowest BCUT2D eigenvalue weighted by Gasteiger charge is -2.51. The van der Waals surface area contributed by atoms with Crippen LogP contribution in [0.3, 0.4) is 0 Å². The fourth-order valence-corrected chi connectivity index (χ4v) is 4.40. The number of piperidine rings is 3. The van der Waals surface area contributed by atoms with Crippen LogP contribution in [0, 0.1) is 11.3 Å². The summed E-state index contributed by atoms with van der Waals surface area (Å²) in [5.41, 5.74) is 1.81. The minimum atomic E-state index is -0.228. The number of hydrogen-bond acceptors (Lipinski definition) is 4. The van der Waals surface area contributed by atoms with Crippen LogP contribution in [0.5, 0.6) is 0 Å². The Morgan fingerprint density at radius 1 is 1.26 bits per heavy atom. The van der Waals surface area contributed by atoms with Crippen molar-refractivity contribution in [1.29, 1.82) is 0 Å². The van der Waals surface area contributed by atoms with Crippen LogP contribution in [-0.2, 0) is 0 Å². The maximum absolute atomic E-state index is 12.4. The predicted octanol–water partition coefficient (Wildman–Crippen LogP) is 3.65. The molecular formula is C20H24ClN5O. The van der Waals surface area contributed by atoms with E-state index in [1.54, 1.807) is 6.07 Å². The number of carbonyl (C=O) groups is 1. The third-order valence-corrected chi connectivity index (χ3v) is 6.11. The Bertz CT molecular complexity index is 819. The number of aromatic nitrogens is 2. The summed E-state index contributed by atoms with van der Waals surface area (Å²) in [4.78, 5) is 23.3. The second-order valence-corrected chi connectivity index (χ2v) is 8.24. The Labute approximate surface area is 164 Å². The molecule has 3 fully saturated rings. The highest BCUT2D eigenvalue weighted by Crippen LogP contribution is 2.41. The van der Waals surface area contributed by atoms with Crippen LogP contribution in [0.25, 0.3) is 11.3 Å². The summed E-state index contributed by atoms with van der Waals surface area (Å²) < 4.78 is 0. The molecule has 3 saturated heterocycles. The highest BCUT2D eigenvalue weighted by atomic mass is 35.5. The number of urea groups is 1. The van der Waals surface area contributed by atoms with Crippen molar-refractivity contribution in [3.05, 3.63) is 41.7 Å². The van der Waals surface area contributed by atoms with Crippen molar-refractivity contribution in [1.82, 2.24) is 20.2 Å². The predicted molar refractivity (Wildman–Crippen MR) is 107 cm³/mol. The zero-order chi connectivity index (χ0) is 18.9. The topological polar surface area (TPSA) is 70.1 Å². The molecule has 2 bridgehead atoms. The van der Waals surface area contributed by atoms with E-state index < -0.39 is 0 Å². The lowest BCUT2D eigenvalue weighted by molar-refractivity contribution is -0.0140. The number of nitrogens with one attached hydrogen (secondary N) is 2. The van der Waals surface area contributed by atoms with Crippen LogP contribution < -0.4 is 10.6 Å². The zero-order valence-corrected chi connectivity index (χ0v) is 16.2. The number of halogens is 1. The Morgan fingerprint density at radius 3 is 2.67 bits per heavy atom. The van der Waals surface area contributed by atoms with Gasteiger partial charge in [0.2, 0.25) is 0 Å². The van der Waals surface area contributed by atoms with E-state index in [-0.39, 0.29) is 11.4 Å². The van der Waals surface area contributed by atoms with Crippen LogP contribution in [-0.4, -0.2) is 47.1 Å². The average Bonchev–Trinajstić information content (AvgIpc) is 2.68. The first-order valence-electron chi connectivity index (χ1n) is 9.37. The van der Waals surface area contributed by atoms with E-state index in [1.165, 1.54) is 32.3 Å². The molecule has 3 aliphatic rings. The van der Waals surface area contributed by atoms with E-state index in [4.69, 9.17) is 11.6 Å². The van der Waals surface area contributed by atoms with Gasteiger partial charge in [0, 0.05) is 35.2 Å². The molecule has 0 aliphatic carbocycles. The monoisotopic (exact) mass is 385 g/mol. The second kappa shape index (κ2) is 7.44. The molecule has 4 heterocycles. The van der Waals surface area contributed by atoms with Crippen molar-refractivity contribution in [2.75, 3.05) is 31.5 Å². The SMILES string of the molecule is C[C@@]1(CNC(=O)Nc2cc(-c3ccc(Cl)cc3)ncn2)CN2CCC1CC2. The molecule has 2 amide bonds.